The van der Waals surface area contributed by atoms with E-state index in [-0.39, 0.29) is 17.6 Å². The Morgan fingerprint density at radius 2 is 2.00 bits per heavy atom. The molecule has 0 aliphatic carbocycles. The number of carboxylic acids is 1. The Hall–Kier alpha value is -2.02. The molecule has 0 radical (unpaired) electrons. The maximum atomic E-state index is 12.6. The molecule has 2 rings (SSSR count). The predicted molar refractivity (Wildman–Crippen MR) is 89.6 cm³/mol. The zero-order valence-corrected chi connectivity index (χ0v) is 14.5. The van der Waals surface area contributed by atoms with Crippen LogP contribution >= 0.6 is 11.8 Å². The lowest BCUT2D eigenvalue weighted by molar-refractivity contribution is -0.151. The molecule has 7 heteroatoms. The first-order valence-electron chi connectivity index (χ1n) is 7.74. The van der Waals surface area contributed by atoms with Crippen molar-refractivity contribution in [3.05, 3.63) is 30.3 Å². The summed E-state index contributed by atoms with van der Waals surface area (Å²) in [5, 5.41) is 9.45. The van der Waals surface area contributed by atoms with Gasteiger partial charge in [-0.1, -0.05) is 25.1 Å². The maximum absolute atomic E-state index is 12.6. The van der Waals surface area contributed by atoms with Gasteiger partial charge in [-0.3, -0.25) is 9.59 Å². The molecule has 0 aromatic heterocycles. The molecule has 1 N–H and O–H groups in total. The van der Waals surface area contributed by atoms with Crippen LogP contribution in [0.2, 0.25) is 0 Å². The number of ether oxygens (including phenoxy) is 1. The molecule has 0 spiro atoms. The van der Waals surface area contributed by atoms with E-state index >= 15 is 0 Å². The molecule has 1 aliphatic rings. The number of likely N-dealkylation sites (tertiary alicyclic amines) is 1. The van der Waals surface area contributed by atoms with E-state index in [1.54, 1.807) is 18.7 Å². The van der Waals surface area contributed by atoms with Crippen molar-refractivity contribution in [2.45, 2.75) is 36.0 Å². The van der Waals surface area contributed by atoms with Crippen LogP contribution < -0.4 is 0 Å². The number of hydrogen-bond donors (Lipinski definition) is 1. The van der Waals surface area contributed by atoms with Crippen molar-refractivity contribution in [3.63, 3.8) is 0 Å². The minimum atomic E-state index is -1.01. The van der Waals surface area contributed by atoms with E-state index in [2.05, 4.69) is 4.74 Å². The van der Waals surface area contributed by atoms with E-state index in [1.165, 1.54) is 12.0 Å². The van der Waals surface area contributed by atoms with Gasteiger partial charge in [-0.2, -0.15) is 0 Å². The summed E-state index contributed by atoms with van der Waals surface area (Å²) in [7, 11) is 1.27. The first-order chi connectivity index (χ1) is 11.4. The average molecular weight is 351 g/mol. The van der Waals surface area contributed by atoms with E-state index in [0.29, 0.717) is 13.0 Å². The second-order valence-corrected chi connectivity index (χ2v) is 7.19. The van der Waals surface area contributed by atoms with Gasteiger partial charge in [0.15, 0.2) is 0 Å². The lowest BCUT2D eigenvalue weighted by Crippen LogP contribution is -2.43. The van der Waals surface area contributed by atoms with Crippen LogP contribution in [0.15, 0.2) is 35.2 Å². The fourth-order valence-electron chi connectivity index (χ4n) is 2.76. The fourth-order valence-corrected chi connectivity index (χ4v) is 3.97. The Morgan fingerprint density at radius 3 is 2.58 bits per heavy atom. The first-order valence-corrected chi connectivity index (χ1v) is 8.62. The van der Waals surface area contributed by atoms with Gasteiger partial charge in [0.2, 0.25) is 5.91 Å². The molecule has 1 aliphatic heterocycles. The zero-order chi connectivity index (χ0) is 17.7. The van der Waals surface area contributed by atoms with E-state index in [1.807, 2.05) is 30.3 Å². The summed E-state index contributed by atoms with van der Waals surface area (Å²) in [6.07, 6.45) is 0.347. The molecule has 24 heavy (non-hydrogen) atoms. The van der Waals surface area contributed by atoms with E-state index < -0.39 is 23.9 Å². The van der Waals surface area contributed by atoms with Crippen molar-refractivity contribution in [2.75, 3.05) is 13.7 Å². The normalized spacial score (nSPS) is 21.3. The summed E-state index contributed by atoms with van der Waals surface area (Å²) >= 11 is 1.57. The summed E-state index contributed by atoms with van der Waals surface area (Å²) in [5.41, 5.74) is 0. The van der Waals surface area contributed by atoms with Gasteiger partial charge in [0.1, 0.15) is 6.04 Å². The number of rotatable bonds is 6. The lowest BCUT2D eigenvalue weighted by Gasteiger charge is -2.24. The number of thioether (sulfide) groups is 1. The van der Waals surface area contributed by atoms with Gasteiger partial charge in [0, 0.05) is 22.6 Å². The molecule has 1 saturated heterocycles. The lowest BCUT2D eigenvalue weighted by atomic mass is 10.1. The zero-order valence-electron chi connectivity index (χ0n) is 13.7. The number of carbonyl (C=O) groups excluding carboxylic acids is 2. The Kier molecular flexibility index (Phi) is 6.25. The van der Waals surface area contributed by atoms with Gasteiger partial charge in [0.25, 0.3) is 0 Å². The minimum Gasteiger partial charge on any atom is -0.480 e. The third-order valence-electron chi connectivity index (χ3n) is 4.00. The van der Waals surface area contributed by atoms with Crippen molar-refractivity contribution >= 4 is 29.6 Å². The number of methoxy groups -OCH3 is 1. The minimum absolute atomic E-state index is 0.0165. The second kappa shape index (κ2) is 8.19. The van der Waals surface area contributed by atoms with Crippen LogP contribution in [-0.2, 0) is 19.1 Å². The molecule has 3 atom stereocenters. The Balaban J connectivity index is 2.05. The highest BCUT2D eigenvalue weighted by Crippen LogP contribution is 2.33. The van der Waals surface area contributed by atoms with Gasteiger partial charge >= 0.3 is 11.9 Å². The van der Waals surface area contributed by atoms with Gasteiger partial charge in [-0.25, -0.2) is 4.79 Å². The molecule has 1 aromatic carbocycles. The molecular weight excluding hydrogens is 330 g/mol. The number of nitrogens with zero attached hydrogens (tertiary/aromatic N) is 1. The third-order valence-corrected chi connectivity index (χ3v) is 5.22. The highest BCUT2D eigenvalue weighted by Gasteiger charge is 2.41. The summed E-state index contributed by atoms with van der Waals surface area (Å²) in [6.45, 7) is 1.98. The molecule has 6 nitrogen and oxygen atoms in total. The number of aliphatic carboxylic acids is 1. The molecule has 0 bridgehead atoms. The second-order valence-electron chi connectivity index (χ2n) is 5.81. The van der Waals surface area contributed by atoms with E-state index in [4.69, 9.17) is 0 Å². The number of amides is 1. The highest BCUT2D eigenvalue weighted by molar-refractivity contribution is 8.00. The number of benzene rings is 1. The summed E-state index contributed by atoms with van der Waals surface area (Å²) in [5.74, 6) is -2.40. The molecule has 1 fully saturated rings. The molecule has 0 saturated carbocycles. The van der Waals surface area contributed by atoms with Gasteiger partial charge in [-0.15, -0.1) is 11.8 Å². The van der Waals surface area contributed by atoms with Crippen molar-refractivity contribution in [1.82, 2.24) is 4.90 Å². The van der Waals surface area contributed by atoms with E-state index in [0.717, 1.165) is 4.90 Å². The van der Waals surface area contributed by atoms with Gasteiger partial charge < -0.3 is 14.7 Å². The summed E-state index contributed by atoms with van der Waals surface area (Å²) < 4.78 is 4.58. The Labute approximate surface area is 145 Å². The van der Waals surface area contributed by atoms with Crippen LogP contribution in [-0.4, -0.2) is 52.8 Å². The number of carboxylic acid groups (broad SMARTS) is 1. The quantitative estimate of drug-likeness (QED) is 0.790. The summed E-state index contributed by atoms with van der Waals surface area (Å²) in [4.78, 5) is 37.9. The SMILES string of the molecule is COC(=O)CC(C)C(=O)N1CC(Sc2ccccc2)C[C@H]1C(=O)O. The fraction of sp³-hybridized carbons (Fsp3) is 0.471. The molecule has 130 valence electrons. The number of carbonyl (C=O) groups is 3. The number of esters is 1. The van der Waals surface area contributed by atoms with Crippen LogP contribution in [0.5, 0.6) is 0 Å². The van der Waals surface area contributed by atoms with E-state index in [9.17, 15) is 19.5 Å². The molecule has 1 amide bonds. The molecule has 2 unspecified atom stereocenters. The molecule has 1 aromatic rings. The first kappa shape index (κ1) is 18.3. The van der Waals surface area contributed by atoms with Crippen molar-refractivity contribution in [3.8, 4) is 0 Å². The van der Waals surface area contributed by atoms with Crippen LogP contribution in [0.4, 0.5) is 0 Å². The van der Waals surface area contributed by atoms with Crippen molar-refractivity contribution < 1.29 is 24.2 Å². The smallest absolute Gasteiger partial charge is 0.326 e. The Bertz CT molecular complexity index is 606. The topological polar surface area (TPSA) is 83.9 Å². The largest absolute Gasteiger partial charge is 0.480 e. The highest BCUT2D eigenvalue weighted by atomic mass is 32.2. The average Bonchev–Trinajstić information content (AvgIpc) is 2.98. The third kappa shape index (κ3) is 4.50. The van der Waals surface area contributed by atoms with Crippen LogP contribution in [0.3, 0.4) is 0 Å². The summed E-state index contributed by atoms with van der Waals surface area (Å²) in [6, 6.07) is 8.85. The number of hydrogen-bond acceptors (Lipinski definition) is 5. The standard InChI is InChI=1S/C17H21NO5S/c1-11(8-15(19)23-2)16(20)18-10-13(9-14(18)17(21)22)24-12-6-4-3-5-7-12/h3-7,11,13-14H,8-10H2,1-2H3,(H,21,22)/t11?,13?,14-/m0/s1. The van der Waals surface area contributed by atoms with Crippen LogP contribution in [0, 0.1) is 5.92 Å². The van der Waals surface area contributed by atoms with Crippen LogP contribution in [0.25, 0.3) is 0 Å². The van der Waals surface area contributed by atoms with Crippen molar-refractivity contribution in [2.24, 2.45) is 5.92 Å². The monoisotopic (exact) mass is 351 g/mol. The van der Waals surface area contributed by atoms with Gasteiger partial charge in [0.05, 0.1) is 13.5 Å². The maximum Gasteiger partial charge on any atom is 0.326 e. The van der Waals surface area contributed by atoms with Gasteiger partial charge in [-0.05, 0) is 18.6 Å². The molecule has 1 heterocycles. The van der Waals surface area contributed by atoms with Crippen LogP contribution in [0.1, 0.15) is 19.8 Å². The van der Waals surface area contributed by atoms with Crippen molar-refractivity contribution in [1.29, 1.82) is 0 Å². The molecular formula is C17H21NO5S. The predicted octanol–water partition coefficient (Wildman–Crippen LogP) is 2.03. The Morgan fingerprint density at radius 1 is 1.33 bits per heavy atom.